The van der Waals surface area contributed by atoms with E-state index < -0.39 is 0 Å². The molecule has 0 saturated carbocycles. The van der Waals surface area contributed by atoms with Crippen molar-refractivity contribution >= 4 is 5.91 Å². The summed E-state index contributed by atoms with van der Waals surface area (Å²) >= 11 is 0. The highest BCUT2D eigenvalue weighted by Gasteiger charge is 2.23. The van der Waals surface area contributed by atoms with Crippen molar-refractivity contribution in [1.29, 1.82) is 0 Å². The second-order valence-electron chi connectivity index (χ2n) is 4.71. The number of hydrogen-bond donors (Lipinski definition) is 2. The maximum Gasteiger partial charge on any atom is 0.224 e. The summed E-state index contributed by atoms with van der Waals surface area (Å²) in [5, 5.41) is 6.12. The van der Waals surface area contributed by atoms with E-state index in [4.69, 9.17) is 4.74 Å². The molecule has 16 heavy (non-hydrogen) atoms. The Bertz CT molecular complexity index is 215. The molecule has 0 aromatic carbocycles. The highest BCUT2D eigenvalue weighted by molar-refractivity contribution is 5.78. The van der Waals surface area contributed by atoms with Gasteiger partial charge in [-0.25, -0.2) is 0 Å². The summed E-state index contributed by atoms with van der Waals surface area (Å²) in [5.41, 5.74) is 0. The summed E-state index contributed by atoms with van der Waals surface area (Å²) in [6.45, 7) is 6.43. The zero-order valence-corrected chi connectivity index (χ0v) is 10.6. The molecular weight excluding hydrogens is 204 g/mol. The number of nitrogens with one attached hydrogen (secondary N) is 2. The van der Waals surface area contributed by atoms with Gasteiger partial charge in [0.2, 0.25) is 5.91 Å². The smallest absolute Gasteiger partial charge is 0.224 e. The van der Waals surface area contributed by atoms with Crippen LogP contribution in [-0.2, 0) is 9.53 Å². The van der Waals surface area contributed by atoms with Crippen LogP contribution in [0.25, 0.3) is 0 Å². The molecule has 0 aromatic heterocycles. The van der Waals surface area contributed by atoms with Crippen molar-refractivity contribution in [1.82, 2.24) is 10.6 Å². The van der Waals surface area contributed by atoms with Crippen molar-refractivity contribution in [3.63, 3.8) is 0 Å². The van der Waals surface area contributed by atoms with Crippen molar-refractivity contribution in [2.45, 2.75) is 32.7 Å². The van der Waals surface area contributed by atoms with Crippen molar-refractivity contribution in [3.8, 4) is 0 Å². The molecule has 0 bridgehead atoms. The quantitative estimate of drug-likeness (QED) is 0.731. The first-order valence-corrected chi connectivity index (χ1v) is 6.18. The highest BCUT2D eigenvalue weighted by atomic mass is 16.5. The molecule has 1 amide bonds. The Labute approximate surface area is 98.1 Å². The maximum absolute atomic E-state index is 11.8. The minimum Gasteiger partial charge on any atom is -0.381 e. The Morgan fingerprint density at radius 2 is 2.00 bits per heavy atom. The van der Waals surface area contributed by atoms with Gasteiger partial charge in [-0.15, -0.1) is 0 Å². The van der Waals surface area contributed by atoms with E-state index in [2.05, 4.69) is 17.6 Å². The summed E-state index contributed by atoms with van der Waals surface area (Å²) in [5.74, 6) is 0.750. The first kappa shape index (κ1) is 13.5. The molecule has 2 N–H and O–H groups in total. The van der Waals surface area contributed by atoms with Gasteiger partial charge in [-0.2, -0.15) is 0 Å². The molecule has 94 valence electrons. The number of carbonyl (C=O) groups excluding carboxylic acids is 1. The minimum atomic E-state index is 0.0345. The molecule has 2 unspecified atom stereocenters. The highest BCUT2D eigenvalue weighted by Crippen LogP contribution is 2.18. The number of hydrogen-bond acceptors (Lipinski definition) is 3. The Kier molecular flexibility index (Phi) is 5.77. The standard InChI is InChI=1S/C12H24N2O2/c1-9(8-13-3)12(15)14-10(2)11-4-6-16-7-5-11/h9-11,13H,4-8H2,1-3H3,(H,14,15). The molecule has 0 aromatic rings. The maximum atomic E-state index is 11.8. The van der Waals surface area contributed by atoms with Crippen LogP contribution in [0.15, 0.2) is 0 Å². The van der Waals surface area contributed by atoms with E-state index in [1.807, 2.05) is 14.0 Å². The Hall–Kier alpha value is -0.610. The Morgan fingerprint density at radius 1 is 1.38 bits per heavy atom. The second kappa shape index (κ2) is 6.86. The van der Waals surface area contributed by atoms with Crippen LogP contribution in [0, 0.1) is 11.8 Å². The van der Waals surface area contributed by atoms with Gasteiger partial charge in [0.1, 0.15) is 0 Å². The molecule has 0 radical (unpaired) electrons. The Balaban J connectivity index is 2.31. The third-order valence-corrected chi connectivity index (χ3v) is 3.30. The molecule has 4 nitrogen and oxygen atoms in total. The van der Waals surface area contributed by atoms with Crippen LogP contribution in [0.3, 0.4) is 0 Å². The lowest BCUT2D eigenvalue weighted by Gasteiger charge is -2.29. The van der Waals surface area contributed by atoms with Crippen molar-refractivity contribution in [2.24, 2.45) is 11.8 Å². The zero-order chi connectivity index (χ0) is 12.0. The monoisotopic (exact) mass is 228 g/mol. The van der Waals surface area contributed by atoms with Crippen LogP contribution in [0.5, 0.6) is 0 Å². The minimum absolute atomic E-state index is 0.0345. The van der Waals surface area contributed by atoms with Gasteiger partial charge in [-0.05, 0) is 32.7 Å². The van der Waals surface area contributed by atoms with E-state index in [9.17, 15) is 4.79 Å². The van der Waals surface area contributed by atoms with E-state index in [0.29, 0.717) is 5.92 Å². The van der Waals surface area contributed by atoms with E-state index in [1.54, 1.807) is 0 Å². The van der Waals surface area contributed by atoms with Crippen molar-refractivity contribution in [2.75, 3.05) is 26.8 Å². The molecule has 1 aliphatic heterocycles. The SMILES string of the molecule is CNCC(C)C(=O)NC(C)C1CCOCC1. The average Bonchev–Trinajstić information content (AvgIpc) is 2.30. The summed E-state index contributed by atoms with van der Waals surface area (Å²) in [6, 6.07) is 0.260. The van der Waals surface area contributed by atoms with E-state index >= 15 is 0 Å². The van der Waals surface area contributed by atoms with Gasteiger partial charge in [0.25, 0.3) is 0 Å². The van der Waals surface area contributed by atoms with Crippen molar-refractivity contribution < 1.29 is 9.53 Å². The summed E-state index contributed by atoms with van der Waals surface area (Å²) in [7, 11) is 1.87. The molecular formula is C12H24N2O2. The summed E-state index contributed by atoms with van der Waals surface area (Å²) in [6.07, 6.45) is 2.11. The van der Waals surface area contributed by atoms with Gasteiger partial charge in [0, 0.05) is 31.7 Å². The lowest BCUT2D eigenvalue weighted by atomic mass is 9.92. The van der Waals surface area contributed by atoms with Gasteiger partial charge >= 0.3 is 0 Å². The third-order valence-electron chi connectivity index (χ3n) is 3.30. The first-order chi connectivity index (χ1) is 7.65. The van der Waals surface area contributed by atoms with Crippen LogP contribution >= 0.6 is 0 Å². The van der Waals surface area contributed by atoms with Gasteiger partial charge in [0.15, 0.2) is 0 Å². The molecule has 0 aliphatic carbocycles. The van der Waals surface area contributed by atoms with E-state index in [0.717, 1.165) is 32.6 Å². The zero-order valence-electron chi connectivity index (χ0n) is 10.6. The van der Waals surface area contributed by atoms with Crippen LogP contribution in [0.4, 0.5) is 0 Å². The molecule has 0 spiro atoms. The molecule has 1 heterocycles. The molecule has 1 fully saturated rings. The second-order valence-corrected chi connectivity index (χ2v) is 4.71. The summed E-state index contributed by atoms with van der Waals surface area (Å²) < 4.78 is 5.32. The molecule has 1 saturated heterocycles. The largest absolute Gasteiger partial charge is 0.381 e. The number of ether oxygens (including phenoxy) is 1. The normalized spacial score (nSPS) is 21.4. The molecule has 1 aliphatic rings. The third kappa shape index (κ3) is 4.10. The fraction of sp³-hybridized carbons (Fsp3) is 0.917. The van der Waals surface area contributed by atoms with E-state index in [-0.39, 0.29) is 17.9 Å². The van der Waals surface area contributed by atoms with Crippen molar-refractivity contribution in [3.05, 3.63) is 0 Å². The lowest BCUT2D eigenvalue weighted by molar-refractivity contribution is -0.125. The number of carbonyl (C=O) groups is 1. The van der Waals surface area contributed by atoms with Crippen LogP contribution < -0.4 is 10.6 Å². The van der Waals surface area contributed by atoms with Gasteiger partial charge < -0.3 is 15.4 Å². The molecule has 4 heteroatoms. The number of amides is 1. The molecule has 1 rings (SSSR count). The molecule has 2 atom stereocenters. The fourth-order valence-electron chi connectivity index (χ4n) is 2.10. The predicted molar refractivity (Wildman–Crippen MR) is 64.2 cm³/mol. The van der Waals surface area contributed by atoms with Gasteiger partial charge in [-0.3, -0.25) is 4.79 Å². The van der Waals surface area contributed by atoms with E-state index in [1.165, 1.54) is 0 Å². The number of rotatable bonds is 5. The fourth-order valence-corrected chi connectivity index (χ4v) is 2.10. The summed E-state index contributed by atoms with van der Waals surface area (Å²) in [4.78, 5) is 11.8. The van der Waals surface area contributed by atoms with Gasteiger partial charge in [0.05, 0.1) is 0 Å². The first-order valence-electron chi connectivity index (χ1n) is 6.18. The average molecular weight is 228 g/mol. The predicted octanol–water partition coefficient (Wildman–Crippen LogP) is 0.773. The van der Waals surface area contributed by atoms with Crippen LogP contribution in [-0.4, -0.2) is 38.8 Å². The topological polar surface area (TPSA) is 50.4 Å². The van der Waals surface area contributed by atoms with Gasteiger partial charge in [-0.1, -0.05) is 6.92 Å². The van der Waals surface area contributed by atoms with Crippen LogP contribution in [0.1, 0.15) is 26.7 Å². The lowest BCUT2D eigenvalue weighted by Crippen LogP contribution is -2.44. The Morgan fingerprint density at radius 3 is 2.56 bits per heavy atom. The van der Waals surface area contributed by atoms with Crippen LogP contribution in [0.2, 0.25) is 0 Å².